The third-order valence-corrected chi connectivity index (χ3v) is 2.20. The molecule has 4 N–H and O–H groups in total. The highest BCUT2D eigenvalue weighted by molar-refractivity contribution is 8.93. The van der Waals surface area contributed by atoms with E-state index >= 15 is 0 Å². The number of carbonyl (C=O) groups excluding carboxylic acids is 1. The Bertz CT molecular complexity index is 481. The van der Waals surface area contributed by atoms with Crippen LogP contribution in [0.2, 0.25) is 0 Å². The van der Waals surface area contributed by atoms with E-state index in [4.69, 9.17) is 5.73 Å². The molecule has 1 aromatic heterocycles. The zero-order chi connectivity index (χ0) is 10.1. The number of nitrogens with two attached hydrogens (primary N) is 1. The maximum Gasteiger partial charge on any atom is 0.141 e. The van der Waals surface area contributed by atoms with E-state index < -0.39 is 6.04 Å². The number of hydrogen-bond acceptors (Lipinski definition) is 3. The van der Waals surface area contributed by atoms with Crippen molar-refractivity contribution in [2.24, 2.45) is 5.73 Å². The van der Waals surface area contributed by atoms with Gasteiger partial charge in [-0.3, -0.25) is 0 Å². The third-order valence-electron chi connectivity index (χ3n) is 2.20. The highest BCUT2D eigenvalue weighted by Crippen LogP contribution is 2.25. The van der Waals surface area contributed by atoms with E-state index in [1.807, 2.05) is 0 Å². The van der Waals surface area contributed by atoms with Crippen LogP contribution in [-0.2, 0) is 4.79 Å². The zero-order valence-electron chi connectivity index (χ0n) is 7.81. The Labute approximate surface area is 96.9 Å². The number of H-pyrrole nitrogens is 1. The Balaban J connectivity index is 0.00000112. The molecule has 1 heterocycles. The van der Waals surface area contributed by atoms with Crippen LogP contribution >= 0.6 is 17.0 Å². The number of carbonyl (C=O) groups is 1. The third kappa shape index (κ3) is 2.03. The molecule has 2 rings (SSSR count). The average Bonchev–Trinajstić information content (AvgIpc) is 2.59. The summed E-state index contributed by atoms with van der Waals surface area (Å²) < 4.78 is 0. The van der Waals surface area contributed by atoms with E-state index in [1.165, 1.54) is 0 Å². The molecular weight excluding hydrogens is 260 g/mol. The smallest absolute Gasteiger partial charge is 0.141 e. The summed E-state index contributed by atoms with van der Waals surface area (Å²) >= 11 is 0. The molecule has 4 nitrogen and oxygen atoms in total. The van der Waals surface area contributed by atoms with E-state index in [0.29, 0.717) is 11.8 Å². The molecule has 5 heteroatoms. The molecular formula is C10H11BrN2O2. The molecule has 80 valence electrons. The summed E-state index contributed by atoms with van der Waals surface area (Å²) in [6.45, 7) is 0. The fourth-order valence-electron chi connectivity index (χ4n) is 1.48. The Morgan fingerprint density at radius 3 is 2.87 bits per heavy atom. The molecule has 1 unspecified atom stereocenters. The molecule has 0 bridgehead atoms. The second kappa shape index (κ2) is 4.46. The standard InChI is InChI=1S/C10H10N2O2.BrH/c11-9(5-13)8-4-12-10-2-1-6(14)3-7(8)10;/h1-5,9,12,14H,11H2;1H. The van der Waals surface area contributed by atoms with Gasteiger partial charge >= 0.3 is 0 Å². The SMILES string of the molecule is Br.NC(C=O)c1c[nH]c2ccc(O)cc12. The van der Waals surface area contributed by atoms with Crippen LogP contribution in [0.3, 0.4) is 0 Å². The van der Waals surface area contributed by atoms with Crippen molar-refractivity contribution in [1.29, 1.82) is 0 Å². The Morgan fingerprint density at radius 2 is 2.20 bits per heavy atom. The van der Waals surface area contributed by atoms with E-state index in [2.05, 4.69) is 4.98 Å². The summed E-state index contributed by atoms with van der Waals surface area (Å²) in [6.07, 6.45) is 2.36. The van der Waals surface area contributed by atoms with Gasteiger partial charge in [-0.1, -0.05) is 0 Å². The molecule has 0 saturated carbocycles. The van der Waals surface area contributed by atoms with Crippen molar-refractivity contribution in [2.75, 3.05) is 0 Å². The summed E-state index contributed by atoms with van der Waals surface area (Å²) in [6, 6.07) is 4.26. The minimum absolute atomic E-state index is 0. The second-order valence-electron chi connectivity index (χ2n) is 3.14. The zero-order valence-corrected chi connectivity index (χ0v) is 9.52. The quantitative estimate of drug-likeness (QED) is 0.726. The van der Waals surface area contributed by atoms with Gasteiger partial charge in [-0.05, 0) is 18.2 Å². The number of aldehydes is 1. The van der Waals surface area contributed by atoms with Crippen LogP contribution in [0.5, 0.6) is 5.75 Å². The lowest BCUT2D eigenvalue weighted by atomic mass is 10.1. The summed E-state index contributed by atoms with van der Waals surface area (Å²) in [5.74, 6) is 0.163. The van der Waals surface area contributed by atoms with Gasteiger partial charge in [-0.15, -0.1) is 17.0 Å². The largest absolute Gasteiger partial charge is 0.508 e. The number of phenols is 1. The Kier molecular flexibility index (Phi) is 3.49. The molecule has 1 aromatic carbocycles. The van der Waals surface area contributed by atoms with Crippen LogP contribution in [0.1, 0.15) is 11.6 Å². The van der Waals surface area contributed by atoms with Gasteiger partial charge in [0, 0.05) is 22.7 Å². The fraction of sp³-hybridized carbons (Fsp3) is 0.100. The van der Waals surface area contributed by atoms with Crippen molar-refractivity contribution in [2.45, 2.75) is 6.04 Å². The second-order valence-corrected chi connectivity index (χ2v) is 3.14. The van der Waals surface area contributed by atoms with Crippen molar-refractivity contribution in [1.82, 2.24) is 4.98 Å². The van der Waals surface area contributed by atoms with Crippen LogP contribution in [0.15, 0.2) is 24.4 Å². The molecule has 15 heavy (non-hydrogen) atoms. The van der Waals surface area contributed by atoms with Crippen LogP contribution in [0.25, 0.3) is 10.9 Å². The molecule has 0 radical (unpaired) electrons. The van der Waals surface area contributed by atoms with E-state index in [-0.39, 0.29) is 22.7 Å². The van der Waals surface area contributed by atoms with Crippen LogP contribution in [-0.4, -0.2) is 16.4 Å². The van der Waals surface area contributed by atoms with Gasteiger partial charge in [-0.2, -0.15) is 0 Å². The highest BCUT2D eigenvalue weighted by atomic mass is 79.9. The summed E-state index contributed by atoms with van der Waals surface area (Å²) in [5.41, 5.74) is 7.14. The van der Waals surface area contributed by atoms with Crippen molar-refractivity contribution in [3.05, 3.63) is 30.0 Å². The number of hydrogen-bond donors (Lipinski definition) is 3. The van der Waals surface area contributed by atoms with E-state index in [0.717, 1.165) is 10.9 Å². The van der Waals surface area contributed by atoms with Gasteiger partial charge in [-0.25, -0.2) is 0 Å². The maximum atomic E-state index is 10.5. The van der Waals surface area contributed by atoms with Crippen molar-refractivity contribution >= 4 is 34.2 Å². The van der Waals surface area contributed by atoms with Gasteiger partial charge in [0.25, 0.3) is 0 Å². The Hall–Kier alpha value is -1.33. The number of rotatable bonds is 2. The van der Waals surface area contributed by atoms with Crippen LogP contribution in [0, 0.1) is 0 Å². The first kappa shape index (κ1) is 11.7. The number of fused-ring (bicyclic) bond motifs is 1. The molecule has 0 aliphatic heterocycles. The molecule has 0 amide bonds. The number of halogens is 1. The summed E-state index contributed by atoms with van der Waals surface area (Å²) in [5, 5.41) is 10.1. The van der Waals surface area contributed by atoms with Gasteiger partial charge in [0.15, 0.2) is 0 Å². The molecule has 0 aliphatic rings. The van der Waals surface area contributed by atoms with Gasteiger partial charge in [0.1, 0.15) is 12.0 Å². The van der Waals surface area contributed by atoms with Crippen molar-refractivity contribution in [3.8, 4) is 5.75 Å². The highest BCUT2D eigenvalue weighted by Gasteiger charge is 2.10. The van der Waals surface area contributed by atoms with Gasteiger partial charge in [0.2, 0.25) is 0 Å². The molecule has 0 spiro atoms. The predicted octanol–water partition coefficient (Wildman–Crippen LogP) is 1.65. The number of aromatic amines is 1. The number of nitrogens with one attached hydrogen (secondary N) is 1. The predicted molar refractivity (Wildman–Crippen MR) is 63.3 cm³/mol. The number of aromatic nitrogens is 1. The number of benzene rings is 1. The Morgan fingerprint density at radius 1 is 1.47 bits per heavy atom. The van der Waals surface area contributed by atoms with Gasteiger partial charge < -0.3 is 20.6 Å². The minimum atomic E-state index is -0.648. The lowest BCUT2D eigenvalue weighted by molar-refractivity contribution is -0.108. The molecule has 1 atom stereocenters. The number of phenolic OH excluding ortho intramolecular Hbond substituents is 1. The monoisotopic (exact) mass is 270 g/mol. The van der Waals surface area contributed by atoms with E-state index in [9.17, 15) is 9.90 Å². The fourth-order valence-corrected chi connectivity index (χ4v) is 1.48. The lowest BCUT2D eigenvalue weighted by Crippen LogP contribution is -2.10. The molecule has 0 fully saturated rings. The van der Waals surface area contributed by atoms with E-state index in [1.54, 1.807) is 24.4 Å². The normalized spacial score (nSPS) is 12.1. The molecule has 2 aromatic rings. The van der Waals surface area contributed by atoms with Crippen molar-refractivity contribution in [3.63, 3.8) is 0 Å². The first-order valence-electron chi connectivity index (χ1n) is 4.23. The molecule has 0 saturated heterocycles. The topological polar surface area (TPSA) is 79.1 Å². The molecule has 0 aliphatic carbocycles. The van der Waals surface area contributed by atoms with Crippen LogP contribution in [0.4, 0.5) is 0 Å². The summed E-state index contributed by atoms with van der Waals surface area (Å²) in [4.78, 5) is 13.5. The maximum absolute atomic E-state index is 10.5. The average molecular weight is 271 g/mol. The first-order valence-corrected chi connectivity index (χ1v) is 4.23. The minimum Gasteiger partial charge on any atom is -0.508 e. The first-order chi connectivity index (χ1) is 6.72. The lowest BCUT2D eigenvalue weighted by Gasteiger charge is -2.01. The van der Waals surface area contributed by atoms with Gasteiger partial charge in [0.05, 0.1) is 6.04 Å². The summed E-state index contributed by atoms with van der Waals surface area (Å²) in [7, 11) is 0. The number of aromatic hydroxyl groups is 1. The van der Waals surface area contributed by atoms with Crippen molar-refractivity contribution < 1.29 is 9.90 Å². The van der Waals surface area contributed by atoms with Crippen LogP contribution < -0.4 is 5.73 Å².